The zero-order chi connectivity index (χ0) is 16.0. The van der Waals surface area contributed by atoms with Gasteiger partial charge in [0.2, 0.25) is 0 Å². The molecule has 0 bridgehead atoms. The minimum absolute atomic E-state index is 0.265. The van der Waals surface area contributed by atoms with Gasteiger partial charge in [-0.2, -0.15) is 0 Å². The van der Waals surface area contributed by atoms with Crippen molar-refractivity contribution in [2.45, 2.75) is 33.2 Å². The number of anilines is 1. The number of carbonyl (C=O) groups excluding carboxylic acids is 2. The van der Waals surface area contributed by atoms with Crippen molar-refractivity contribution < 1.29 is 19.5 Å². The zero-order valence-corrected chi connectivity index (χ0v) is 12.3. The van der Waals surface area contributed by atoms with Crippen LogP contribution in [0.15, 0.2) is 24.3 Å². The van der Waals surface area contributed by atoms with Crippen molar-refractivity contribution in [1.82, 2.24) is 5.32 Å². The fraction of sp³-hybridized carbons (Fsp3) is 0.400. The third-order valence-corrected chi connectivity index (χ3v) is 3.28. The Labute approximate surface area is 123 Å². The van der Waals surface area contributed by atoms with Gasteiger partial charge in [-0.25, -0.2) is 4.79 Å². The van der Waals surface area contributed by atoms with E-state index >= 15 is 0 Å². The van der Waals surface area contributed by atoms with Crippen LogP contribution in [0.4, 0.5) is 5.69 Å². The first-order chi connectivity index (χ1) is 9.85. The summed E-state index contributed by atoms with van der Waals surface area (Å²) in [5.41, 5.74) is 1.51. The number of carboxylic acid groups (broad SMARTS) is 1. The van der Waals surface area contributed by atoms with Crippen molar-refractivity contribution in [3.8, 4) is 0 Å². The Bertz CT molecular complexity index is 525. The maximum absolute atomic E-state index is 11.8. The van der Waals surface area contributed by atoms with Crippen LogP contribution >= 0.6 is 0 Å². The molecule has 0 spiro atoms. The fourth-order valence-electron chi connectivity index (χ4n) is 1.71. The smallest absolute Gasteiger partial charge is 0.326 e. The van der Waals surface area contributed by atoms with Crippen LogP contribution in [-0.4, -0.2) is 28.9 Å². The summed E-state index contributed by atoms with van der Waals surface area (Å²) in [6, 6.07) is 5.86. The third-order valence-electron chi connectivity index (χ3n) is 3.28. The maximum atomic E-state index is 11.8. The number of hydrogen-bond donors (Lipinski definition) is 3. The summed E-state index contributed by atoms with van der Waals surface area (Å²) in [7, 11) is 0. The predicted octanol–water partition coefficient (Wildman–Crippen LogP) is 1.55. The number of nitrogens with one attached hydrogen (secondary N) is 2. The molecular formula is C15H20N2O4. The molecule has 2 atom stereocenters. The van der Waals surface area contributed by atoms with Gasteiger partial charge in [0.25, 0.3) is 0 Å². The molecule has 3 N–H and O–H groups in total. The van der Waals surface area contributed by atoms with E-state index in [4.69, 9.17) is 5.11 Å². The van der Waals surface area contributed by atoms with E-state index in [1.54, 1.807) is 31.2 Å². The summed E-state index contributed by atoms with van der Waals surface area (Å²) in [6.07, 6.45) is 0.580. The molecule has 21 heavy (non-hydrogen) atoms. The van der Waals surface area contributed by atoms with Gasteiger partial charge in [-0.15, -0.1) is 0 Å². The highest BCUT2D eigenvalue weighted by Gasteiger charge is 2.27. The highest BCUT2D eigenvalue weighted by Crippen LogP contribution is 2.10. The summed E-state index contributed by atoms with van der Waals surface area (Å²) in [5.74, 6) is -3.25. The van der Waals surface area contributed by atoms with Crippen molar-refractivity contribution in [3.63, 3.8) is 0 Å². The topological polar surface area (TPSA) is 95.5 Å². The molecule has 0 aliphatic heterocycles. The van der Waals surface area contributed by atoms with Crippen molar-refractivity contribution in [1.29, 1.82) is 0 Å². The van der Waals surface area contributed by atoms with Crippen LogP contribution in [0, 0.1) is 12.8 Å². The average molecular weight is 292 g/mol. The molecule has 0 radical (unpaired) electrons. The van der Waals surface area contributed by atoms with E-state index in [2.05, 4.69) is 10.6 Å². The van der Waals surface area contributed by atoms with Gasteiger partial charge in [0.05, 0.1) is 0 Å². The lowest BCUT2D eigenvalue weighted by Crippen LogP contribution is -2.48. The van der Waals surface area contributed by atoms with E-state index in [0.29, 0.717) is 12.1 Å². The minimum atomic E-state index is -1.15. The molecule has 2 unspecified atom stereocenters. The van der Waals surface area contributed by atoms with Crippen LogP contribution in [0.1, 0.15) is 25.8 Å². The van der Waals surface area contributed by atoms with Gasteiger partial charge >= 0.3 is 17.8 Å². The first kappa shape index (κ1) is 16.7. The van der Waals surface area contributed by atoms with Gasteiger partial charge in [0.15, 0.2) is 0 Å². The van der Waals surface area contributed by atoms with Crippen molar-refractivity contribution in [2.24, 2.45) is 5.92 Å². The Kier molecular flexibility index (Phi) is 5.90. The Hall–Kier alpha value is -2.37. The largest absolute Gasteiger partial charge is 0.480 e. The Morgan fingerprint density at radius 3 is 2.19 bits per heavy atom. The Balaban J connectivity index is 2.67. The molecular weight excluding hydrogens is 272 g/mol. The number of aryl methyl sites for hydroxylation is 1. The van der Waals surface area contributed by atoms with E-state index in [1.165, 1.54) is 0 Å². The number of hydrogen-bond acceptors (Lipinski definition) is 3. The molecule has 2 amide bonds. The first-order valence-electron chi connectivity index (χ1n) is 6.76. The standard InChI is InChI=1S/C15H20N2O4/c1-4-10(3)12(15(20)21)17-14(19)13(18)16-11-7-5-9(2)6-8-11/h5-8,10,12H,4H2,1-3H3,(H,16,18)(H,17,19)(H,20,21). The van der Waals surface area contributed by atoms with Crippen LogP contribution in [0.3, 0.4) is 0 Å². The van der Waals surface area contributed by atoms with Gasteiger partial charge in [0, 0.05) is 5.69 Å². The molecule has 0 fully saturated rings. The van der Waals surface area contributed by atoms with E-state index < -0.39 is 23.8 Å². The molecule has 1 aromatic carbocycles. The number of carbonyl (C=O) groups is 3. The minimum Gasteiger partial charge on any atom is -0.480 e. The molecule has 114 valence electrons. The van der Waals surface area contributed by atoms with Gasteiger partial charge in [-0.3, -0.25) is 9.59 Å². The zero-order valence-electron chi connectivity index (χ0n) is 12.3. The lowest BCUT2D eigenvalue weighted by atomic mass is 9.99. The SMILES string of the molecule is CCC(C)C(NC(=O)C(=O)Nc1ccc(C)cc1)C(=O)O. The molecule has 0 saturated heterocycles. The first-order valence-corrected chi connectivity index (χ1v) is 6.76. The van der Waals surface area contributed by atoms with Crippen molar-refractivity contribution in [2.75, 3.05) is 5.32 Å². The monoisotopic (exact) mass is 292 g/mol. The number of benzene rings is 1. The Morgan fingerprint density at radius 1 is 1.14 bits per heavy atom. The van der Waals surface area contributed by atoms with Crippen LogP contribution in [0.25, 0.3) is 0 Å². The Morgan fingerprint density at radius 2 is 1.71 bits per heavy atom. The van der Waals surface area contributed by atoms with Crippen LogP contribution in [0.5, 0.6) is 0 Å². The molecule has 0 heterocycles. The van der Waals surface area contributed by atoms with E-state index in [-0.39, 0.29) is 5.92 Å². The van der Waals surface area contributed by atoms with Crippen LogP contribution < -0.4 is 10.6 Å². The number of amides is 2. The number of carboxylic acids is 1. The third kappa shape index (κ3) is 4.91. The van der Waals surface area contributed by atoms with Gasteiger partial charge in [0.1, 0.15) is 6.04 Å². The van der Waals surface area contributed by atoms with Gasteiger partial charge in [-0.05, 0) is 25.0 Å². The van der Waals surface area contributed by atoms with Crippen LogP contribution in [0.2, 0.25) is 0 Å². The quantitative estimate of drug-likeness (QED) is 0.717. The van der Waals surface area contributed by atoms with Gasteiger partial charge < -0.3 is 15.7 Å². The summed E-state index contributed by atoms with van der Waals surface area (Å²) in [4.78, 5) is 34.6. The molecule has 6 heteroatoms. The lowest BCUT2D eigenvalue weighted by molar-refractivity contribution is -0.145. The molecule has 1 rings (SSSR count). The molecule has 0 aromatic heterocycles. The predicted molar refractivity (Wildman–Crippen MR) is 78.8 cm³/mol. The van der Waals surface area contributed by atoms with E-state index in [1.807, 2.05) is 13.8 Å². The van der Waals surface area contributed by atoms with Crippen molar-refractivity contribution >= 4 is 23.5 Å². The lowest BCUT2D eigenvalue weighted by Gasteiger charge is -2.19. The fourth-order valence-corrected chi connectivity index (χ4v) is 1.71. The normalized spacial score (nSPS) is 13.1. The van der Waals surface area contributed by atoms with Crippen LogP contribution in [-0.2, 0) is 14.4 Å². The molecule has 1 aromatic rings. The van der Waals surface area contributed by atoms with Gasteiger partial charge in [-0.1, -0.05) is 38.0 Å². The highest BCUT2D eigenvalue weighted by atomic mass is 16.4. The molecule has 0 aliphatic carbocycles. The number of rotatable bonds is 5. The number of aliphatic carboxylic acids is 1. The second-order valence-corrected chi connectivity index (χ2v) is 5.00. The van der Waals surface area contributed by atoms with E-state index in [9.17, 15) is 14.4 Å². The summed E-state index contributed by atoms with van der Waals surface area (Å²) in [5, 5.41) is 13.8. The average Bonchev–Trinajstić information content (AvgIpc) is 2.45. The molecule has 6 nitrogen and oxygen atoms in total. The summed E-state index contributed by atoms with van der Waals surface area (Å²) in [6.45, 7) is 5.43. The molecule has 0 aliphatic rings. The molecule has 0 saturated carbocycles. The van der Waals surface area contributed by atoms with E-state index in [0.717, 1.165) is 5.56 Å². The second kappa shape index (κ2) is 7.42. The second-order valence-electron chi connectivity index (χ2n) is 5.00. The maximum Gasteiger partial charge on any atom is 0.326 e. The summed E-state index contributed by atoms with van der Waals surface area (Å²) >= 11 is 0. The highest BCUT2D eigenvalue weighted by molar-refractivity contribution is 6.40. The van der Waals surface area contributed by atoms with Crippen molar-refractivity contribution in [3.05, 3.63) is 29.8 Å². The summed E-state index contributed by atoms with van der Waals surface area (Å²) < 4.78 is 0.